The zero-order chi connectivity index (χ0) is 2.71. The van der Waals surface area contributed by atoms with Crippen molar-refractivity contribution in [3.8, 4) is 0 Å². The topological polar surface area (TPSA) is 34.1 Å². The van der Waals surface area contributed by atoms with Crippen molar-refractivity contribution in [2.45, 2.75) is 0 Å². The summed E-state index contributed by atoms with van der Waals surface area (Å²) in [6.45, 7) is 0. The third-order valence-corrected chi connectivity index (χ3v) is 0. The minimum atomic E-state index is -0.750. The molecule has 0 atom stereocenters. The molecule has 0 rings (SSSR count). The van der Waals surface area contributed by atoms with Crippen LogP contribution in [0.5, 0.6) is 0 Å². The molecule has 22 valence electrons. The van der Waals surface area contributed by atoms with Crippen molar-refractivity contribution < 1.29 is 11.3 Å². The van der Waals surface area contributed by atoms with Gasteiger partial charge in [0, 0.05) is 0 Å². The minimum Gasteiger partial charge on any atom is -1.00 e. The fraction of sp³-hybridized carbons (Fsp3) is 0. The maximum atomic E-state index is 8.29. The number of hydrogen-bond acceptors (Lipinski definition) is 2. The van der Waals surface area contributed by atoms with Crippen molar-refractivity contribution >= 4 is 34.6 Å². The molecule has 4 heavy (non-hydrogen) atoms. The summed E-state index contributed by atoms with van der Waals surface area (Å²) in [4.78, 5) is 0. The van der Waals surface area contributed by atoms with Gasteiger partial charge >= 0.3 is 34.6 Å². The van der Waals surface area contributed by atoms with Gasteiger partial charge in [0.15, 0.2) is 0 Å². The van der Waals surface area contributed by atoms with Crippen LogP contribution in [-0.4, -0.2) is 31.5 Å². The third-order valence-electron chi connectivity index (χ3n) is 0. The molecule has 4 heteroatoms. The van der Waals surface area contributed by atoms with E-state index < -0.39 is 11.6 Å². The monoisotopic (exact) mass is 90.0 g/mol. The summed E-state index contributed by atoms with van der Waals surface area (Å²) in [5, 5.41) is 0. The molecule has 0 aromatic carbocycles. The van der Waals surface area contributed by atoms with Gasteiger partial charge in [0.2, 0.25) is 0 Å². The van der Waals surface area contributed by atoms with Crippen molar-refractivity contribution in [2.75, 3.05) is 0 Å². The van der Waals surface area contributed by atoms with Crippen molar-refractivity contribution in [2.24, 2.45) is 0 Å². The first-order valence-electron chi connectivity index (χ1n) is 0.333. The fourth-order valence-corrected chi connectivity index (χ4v) is 0. The first-order chi connectivity index (χ1) is 1.41. The third kappa shape index (κ3) is 18.9. The van der Waals surface area contributed by atoms with E-state index >= 15 is 0 Å². The van der Waals surface area contributed by atoms with Gasteiger partial charge in [-0.25, -0.2) is 0 Å². The Kier molecular flexibility index (Phi) is 21.0. The smallest absolute Gasteiger partial charge is 1.00 e. The Morgan fingerprint density at radius 1 is 1.50 bits per heavy atom. The van der Waals surface area contributed by atoms with Crippen LogP contribution in [0.3, 0.4) is 0 Å². The fourth-order valence-electron chi connectivity index (χ4n) is 0. The van der Waals surface area contributed by atoms with E-state index in [1.165, 1.54) is 0 Å². The van der Waals surface area contributed by atoms with Crippen molar-refractivity contribution in [1.29, 1.82) is 0 Å². The van der Waals surface area contributed by atoms with Gasteiger partial charge in [0.25, 0.3) is 0 Å². The molecule has 0 bridgehead atoms. The van der Waals surface area contributed by atoms with Gasteiger partial charge in [-0.2, -0.15) is 8.42 Å². The Morgan fingerprint density at radius 3 is 1.50 bits per heavy atom. The normalized spacial score (nSPS) is 3.00. The van der Waals surface area contributed by atoms with Crippen LogP contribution in [-0.2, 0) is 11.6 Å². The molecule has 0 N–H and O–H groups in total. The Balaban J connectivity index is -0.00000000667. The summed E-state index contributed by atoms with van der Waals surface area (Å²) in [6.07, 6.45) is 0. The van der Waals surface area contributed by atoms with Crippen LogP contribution in [0, 0.1) is 0 Å². The molecular formula is H2MgO2S. The van der Waals surface area contributed by atoms with Crippen molar-refractivity contribution in [3.05, 3.63) is 0 Å². The predicted octanol–water partition coefficient (Wildman–Crippen LogP) is -0.826. The van der Waals surface area contributed by atoms with Gasteiger partial charge in [-0.3, -0.25) is 0 Å². The van der Waals surface area contributed by atoms with Gasteiger partial charge < -0.3 is 2.85 Å². The molecule has 0 amide bonds. The van der Waals surface area contributed by atoms with Crippen molar-refractivity contribution in [3.63, 3.8) is 0 Å². The van der Waals surface area contributed by atoms with E-state index in [9.17, 15) is 0 Å². The molecule has 0 fully saturated rings. The molecular weight excluding hydrogens is 88.4 g/mol. The molecule has 0 aliphatic rings. The quantitative estimate of drug-likeness (QED) is 0.364. The van der Waals surface area contributed by atoms with Gasteiger partial charge in [0.05, 0.1) is 0 Å². The van der Waals surface area contributed by atoms with Gasteiger partial charge in [-0.05, 0) is 0 Å². The first kappa shape index (κ1) is 8.82. The Bertz CT molecular complexity index is 32.5. The van der Waals surface area contributed by atoms with Crippen LogP contribution in [0.2, 0.25) is 0 Å². The second-order valence-electron chi connectivity index (χ2n) is 0.0680. The van der Waals surface area contributed by atoms with E-state index in [1.807, 2.05) is 0 Å². The van der Waals surface area contributed by atoms with E-state index in [4.69, 9.17) is 8.42 Å². The van der Waals surface area contributed by atoms with E-state index in [-0.39, 0.29) is 25.9 Å². The maximum absolute atomic E-state index is 8.29. The molecule has 0 aliphatic heterocycles. The maximum Gasteiger partial charge on any atom is 2.00 e. The van der Waals surface area contributed by atoms with Crippen LogP contribution in [0.1, 0.15) is 2.85 Å². The van der Waals surface area contributed by atoms with E-state index in [0.29, 0.717) is 0 Å². The van der Waals surface area contributed by atoms with Gasteiger partial charge in [-0.1, -0.05) is 0 Å². The molecule has 0 heterocycles. The summed E-state index contributed by atoms with van der Waals surface area (Å²) in [6, 6.07) is 0. The van der Waals surface area contributed by atoms with Crippen LogP contribution < -0.4 is 0 Å². The summed E-state index contributed by atoms with van der Waals surface area (Å²) >= 11 is -0.750. The van der Waals surface area contributed by atoms with Crippen LogP contribution >= 0.6 is 0 Å². The Morgan fingerprint density at radius 2 is 1.50 bits per heavy atom. The summed E-state index contributed by atoms with van der Waals surface area (Å²) in [5.41, 5.74) is 0. The molecule has 0 spiro atoms. The molecule has 0 aromatic heterocycles. The number of hydrogen-bond donors (Lipinski definition) is 0. The Labute approximate surface area is 46.3 Å². The predicted molar refractivity (Wildman–Crippen MR) is 16.9 cm³/mol. The van der Waals surface area contributed by atoms with Crippen LogP contribution in [0.15, 0.2) is 0 Å². The molecule has 0 saturated heterocycles. The second-order valence-corrected chi connectivity index (χ2v) is 0.204. The largest absolute Gasteiger partial charge is 2.00 e. The zero-order valence-corrected chi connectivity index (χ0v) is 4.16. The van der Waals surface area contributed by atoms with Crippen LogP contribution in [0.25, 0.3) is 0 Å². The van der Waals surface area contributed by atoms with Crippen molar-refractivity contribution in [1.82, 2.24) is 0 Å². The van der Waals surface area contributed by atoms with Gasteiger partial charge in [-0.15, -0.1) is 0 Å². The Hall–Kier alpha value is 0.586. The standard InChI is InChI=1S/Mg.O2S.2H/c;1-3-2;;/q+2;;2*-1. The van der Waals surface area contributed by atoms with Gasteiger partial charge in [0.1, 0.15) is 0 Å². The van der Waals surface area contributed by atoms with Crippen LogP contribution in [0.4, 0.5) is 0 Å². The van der Waals surface area contributed by atoms with E-state index in [1.54, 1.807) is 0 Å². The number of rotatable bonds is 0. The second kappa shape index (κ2) is 9.53. The van der Waals surface area contributed by atoms with E-state index in [2.05, 4.69) is 0 Å². The zero-order valence-electron chi connectivity index (χ0n) is 3.93. The summed E-state index contributed by atoms with van der Waals surface area (Å²) in [5.74, 6) is 0. The summed E-state index contributed by atoms with van der Waals surface area (Å²) in [7, 11) is 0. The summed E-state index contributed by atoms with van der Waals surface area (Å²) < 4.78 is 16.6. The molecule has 0 aromatic rings. The molecule has 0 saturated carbocycles. The molecule has 2 nitrogen and oxygen atoms in total. The average molecular weight is 90.4 g/mol. The molecule has 0 aliphatic carbocycles. The average Bonchev–Trinajstić information content (AvgIpc) is 0.918. The molecule has 0 radical (unpaired) electrons. The first-order valence-corrected chi connectivity index (χ1v) is 1.00. The SMILES string of the molecule is O=S=O.[H-].[H-].[Mg+2]. The van der Waals surface area contributed by atoms with E-state index in [0.717, 1.165) is 0 Å². The molecule has 0 unspecified atom stereocenters. The minimum absolute atomic E-state index is 0.